The summed E-state index contributed by atoms with van der Waals surface area (Å²) in [6, 6.07) is 9.23. The van der Waals surface area contributed by atoms with Gasteiger partial charge >= 0.3 is 6.09 Å². The van der Waals surface area contributed by atoms with Crippen molar-refractivity contribution in [3.05, 3.63) is 47.6 Å². The van der Waals surface area contributed by atoms with Crippen molar-refractivity contribution in [2.75, 3.05) is 6.54 Å². The van der Waals surface area contributed by atoms with E-state index >= 15 is 0 Å². The van der Waals surface area contributed by atoms with E-state index in [2.05, 4.69) is 15.5 Å². The van der Waals surface area contributed by atoms with Gasteiger partial charge in [0.15, 0.2) is 5.82 Å². The second-order valence-corrected chi connectivity index (χ2v) is 3.86. The summed E-state index contributed by atoms with van der Waals surface area (Å²) in [5.41, 5.74) is 0.851. The molecular weight excluding hydrogens is 250 g/mol. The topological polar surface area (TPSA) is 108 Å². The summed E-state index contributed by atoms with van der Waals surface area (Å²) in [5, 5.41) is 23.5. The fourth-order valence-corrected chi connectivity index (χ4v) is 1.70. The highest BCUT2D eigenvalue weighted by Gasteiger charge is 2.21. The van der Waals surface area contributed by atoms with Crippen molar-refractivity contribution in [3.63, 3.8) is 0 Å². The van der Waals surface area contributed by atoms with Crippen LogP contribution in [0.4, 0.5) is 4.79 Å². The van der Waals surface area contributed by atoms with Crippen LogP contribution in [0, 0.1) is 0 Å². The summed E-state index contributed by atoms with van der Waals surface area (Å²) in [6.07, 6.45) is -1.12. The Kier molecular flexibility index (Phi) is 4.09. The second kappa shape index (κ2) is 5.96. The third kappa shape index (κ3) is 3.29. The van der Waals surface area contributed by atoms with Gasteiger partial charge in [-0.1, -0.05) is 35.5 Å². The number of nitrogens with zero attached hydrogens (tertiary/aromatic N) is 2. The predicted molar refractivity (Wildman–Crippen MR) is 64.5 cm³/mol. The number of carbonyl (C=O) groups is 1. The highest BCUT2D eigenvalue weighted by atomic mass is 16.5. The number of hydrogen-bond donors (Lipinski definition) is 3. The molecule has 0 saturated heterocycles. The highest BCUT2D eigenvalue weighted by molar-refractivity contribution is 5.64. The first-order valence-electron chi connectivity index (χ1n) is 5.65. The Balaban J connectivity index is 2.25. The molecular formula is C12H13N3O4. The van der Waals surface area contributed by atoms with Crippen molar-refractivity contribution in [2.24, 2.45) is 0 Å². The average molecular weight is 263 g/mol. The van der Waals surface area contributed by atoms with Crippen LogP contribution in [0.1, 0.15) is 23.2 Å². The quantitative estimate of drug-likeness (QED) is 0.741. The molecule has 2 aromatic rings. The number of aliphatic hydroxyl groups is 1. The number of nitrogens with one attached hydrogen (secondary N) is 1. The van der Waals surface area contributed by atoms with Crippen LogP contribution in [0.25, 0.3) is 0 Å². The van der Waals surface area contributed by atoms with Gasteiger partial charge in [-0.25, -0.2) is 4.79 Å². The summed E-state index contributed by atoms with van der Waals surface area (Å²) in [6.45, 7) is -0.205. The SMILES string of the molecule is O=C(O)NCC(c1ccccc1)c1nc(CO)no1. The van der Waals surface area contributed by atoms with Crippen LogP contribution < -0.4 is 5.32 Å². The molecule has 1 atom stereocenters. The van der Waals surface area contributed by atoms with Crippen LogP contribution in [0.5, 0.6) is 0 Å². The fraction of sp³-hybridized carbons (Fsp3) is 0.250. The average Bonchev–Trinajstić information content (AvgIpc) is 2.89. The van der Waals surface area contributed by atoms with Gasteiger partial charge in [-0.2, -0.15) is 4.98 Å². The molecule has 7 nitrogen and oxygen atoms in total. The van der Waals surface area contributed by atoms with E-state index in [-0.39, 0.29) is 30.8 Å². The number of aliphatic hydroxyl groups excluding tert-OH is 1. The van der Waals surface area contributed by atoms with Crippen LogP contribution in [0.15, 0.2) is 34.9 Å². The fourth-order valence-electron chi connectivity index (χ4n) is 1.70. The predicted octanol–water partition coefficient (Wildman–Crippen LogP) is 0.961. The molecule has 2 rings (SSSR count). The van der Waals surface area contributed by atoms with Crippen molar-refractivity contribution >= 4 is 6.09 Å². The van der Waals surface area contributed by atoms with E-state index in [4.69, 9.17) is 14.7 Å². The first kappa shape index (κ1) is 13.0. The zero-order valence-corrected chi connectivity index (χ0v) is 9.98. The summed E-state index contributed by atoms with van der Waals surface area (Å²) in [4.78, 5) is 14.6. The van der Waals surface area contributed by atoms with Gasteiger partial charge in [0.05, 0.1) is 5.92 Å². The lowest BCUT2D eigenvalue weighted by molar-refractivity contribution is 0.193. The monoisotopic (exact) mass is 263 g/mol. The number of hydrogen-bond acceptors (Lipinski definition) is 5. The third-order valence-electron chi connectivity index (χ3n) is 2.58. The molecule has 0 fully saturated rings. The lowest BCUT2D eigenvalue weighted by Gasteiger charge is -2.12. The van der Waals surface area contributed by atoms with Crippen LogP contribution in [0.2, 0.25) is 0 Å². The molecule has 1 heterocycles. The maximum absolute atomic E-state index is 10.6. The molecule has 0 aliphatic carbocycles. The smallest absolute Gasteiger partial charge is 0.404 e. The zero-order valence-electron chi connectivity index (χ0n) is 9.98. The van der Waals surface area contributed by atoms with Crippen molar-refractivity contribution in [1.82, 2.24) is 15.5 Å². The van der Waals surface area contributed by atoms with E-state index in [0.717, 1.165) is 5.56 Å². The van der Waals surface area contributed by atoms with Crippen molar-refractivity contribution < 1.29 is 19.5 Å². The number of aromatic nitrogens is 2. The molecule has 0 radical (unpaired) electrons. The zero-order chi connectivity index (χ0) is 13.7. The van der Waals surface area contributed by atoms with Crippen molar-refractivity contribution in [2.45, 2.75) is 12.5 Å². The lowest BCUT2D eigenvalue weighted by Crippen LogP contribution is -2.27. The Hall–Kier alpha value is -2.41. The molecule has 7 heteroatoms. The summed E-state index contributed by atoms with van der Waals surface area (Å²) in [7, 11) is 0. The summed E-state index contributed by atoms with van der Waals surface area (Å²) in [5.74, 6) is 0.0559. The highest BCUT2D eigenvalue weighted by Crippen LogP contribution is 2.22. The Morgan fingerprint density at radius 1 is 1.37 bits per heavy atom. The van der Waals surface area contributed by atoms with Crippen molar-refractivity contribution in [3.8, 4) is 0 Å². The Bertz CT molecular complexity index is 541. The molecule has 0 bridgehead atoms. The molecule has 0 aliphatic heterocycles. The third-order valence-corrected chi connectivity index (χ3v) is 2.58. The van der Waals surface area contributed by atoms with Gasteiger partial charge < -0.3 is 20.1 Å². The first-order valence-corrected chi connectivity index (χ1v) is 5.65. The van der Waals surface area contributed by atoms with Crippen LogP contribution in [-0.2, 0) is 6.61 Å². The summed E-state index contributed by atoms with van der Waals surface area (Å²) < 4.78 is 5.05. The Morgan fingerprint density at radius 3 is 2.68 bits per heavy atom. The molecule has 0 spiro atoms. The first-order chi connectivity index (χ1) is 9.20. The molecule has 1 unspecified atom stereocenters. The van der Waals surface area contributed by atoms with Gasteiger partial charge in [0.2, 0.25) is 5.89 Å². The summed E-state index contributed by atoms with van der Waals surface area (Å²) >= 11 is 0. The Morgan fingerprint density at radius 2 is 2.11 bits per heavy atom. The van der Waals surface area contributed by atoms with Gasteiger partial charge in [-0.3, -0.25) is 0 Å². The maximum atomic E-state index is 10.6. The van der Waals surface area contributed by atoms with Crippen LogP contribution in [0.3, 0.4) is 0 Å². The molecule has 19 heavy (non-hydrogen) atoms. The van der Waals surface area contributed by atoms with E-state index < -0.39 is 6.09 Å². The van der Waals surface area contributed by atoms with Gasteiger partial charge in [0.1, 0.15) is 6.61 Å². The molecule has 1 aromatic carbocycles. The van der Waals surface area contributed by atoms with Gasteiger partial charge in [0.25, 0.3) is 0 Å². The number of carboxylic acid groups (broad SMARTS) is 1. The van der Waals surface area contributed by atoms with Crippen LogP contribution >= 0.6 is 0 Å². The normalized spacial score (nSPS) is 12.1. The number of rotatable bonds is 5. The van der Waals surface area contributed by atoms with Gasteiger partial charge in [-0.05, 0) is 5.56 Å². The minimum absolute atomic E-state index is 0.117. The number of benzene rings is 1. The molecule has 1 aromatic heterocycles. The lowest BCUT2D eigenvalue weighted by atomic mass is 9.99. The largest absolute Gasteiger partial charge is 0.465 e. The van der Waals surface area contributed by atoms with Crippen molar-refractivity contribution in [1.29, 1.82) is 0 Å². The van der Waals surface area contributed by atoms with Gasteiger partial charge in [-0.15, -0.1) is 0 Å². The van der Waals surface area contributed by atoms with E-state index in [9.17, 15) is 4.79 Å². The maximum Gasteiger partial charge on any atom is 0.404 e. The number of amides is 1. The van der Waals surface area contributed by atoms with E-state index in [1.165, 1.54) is 0 Å². The minimum atomic E-state index is -1.12. The van der Waals surface area contributed by atoms with E-state index in [1.54, 1.807) is 0 Å². The van der Waals surface area contributed by atoms with E-state index in [1.807, 2.05) is 30.3 Å². The minimum Gasteiger partial charge on any atom is -0.465 e. The Labute approximate surface area is 108 Å². The van der Waals surface area contributed by atoms with Crippen LogP contribution in [-0.4, -0.2) is 33.0 Å². The van der Waals surface area contributed by atoms with Gasteiger partial charge in [0, 0.05) is 6.54 Å². The molecule has 100 valence electrons. The molecule has 0 aliphatic rings. The second-order valence-electron chi connectivity index (χ2n) is 3.86. The van der Waals surface area contributed by atoms with E-state index in [0.29, 0.717) is 0 Å². The standard InChI is InChI=1S/C12H13N3O4/c16-7-10-14-11(19-15-10)9(6-13-12(17)18)8-4-2-1-3-5-8/h1-5,9,13,16H,6-7H2,(H,17,18). The molecule has 1 amide bonds. The molecule has 0 saturated carbocycles. The molecule has 3 N–H and O–H groups in total.